The summed E-state index contributed by atoms with van der Waals surface area (Å²) in [6, 6.07) is 6.10. The predicted octanol–water partition coefficient (Wildman–Crippen LogP) is 4.87. The van der Waals surface area contributed by atoms with E-state index in [0.29, 0.717) is 21.7 Å². The van der Waals surface area contributed by atoms with Crippen LogP contribution in [0.4, 0.5) is 18.9 Å². The van der Waals surface area contributed by atoms with Gasteiger partial charge in [0.1, 0.15) is 6.33 Å². The Kier molecular flexibility index (Phi) is 5.08. The number of aromatic nitrogens is 2. The summed E-state index contributed by atoms with van der Waals surface area (Å²) in [6.45, 7) is 0. The van der Waals surface area contributed by atoms with Crippen LogP contribution in [0.2, 0.25) is 10.0 Å². The molecule has 1 aliphatic rings. The summed E-state index contributed by atoms with van der Waals surface area (Å²) in [7, 11) is -1.30. The summed E-state index contributed by atoms with van der Waals surface area (Å²) in [5.41, 5.74) is 1.18. The monoisotopic (exact) mass is 461 g/mol. The van der Waals surface area contributed by atoms with Crippen molar-refractivity contribution in [2.75, 3.05) is 5.43 Å². The lowest BCUT2D eigenvalue weighted by atomic mass is 10.1. The third-order valence-electron chi connectivity index (χ3n) is 4.37. The molecule has 1 unspecified atom stereocenters. The Hall–Kier alpha value is -2.10. The van der Waals surface area contributed by atoms with Gasteiger partial charge in [-0.1, -0.05) is 23.2 Å². The lowest BCUT2D eigenvalue weighted by Crippen LogP contribution is -2.27. The number of halogens is 5. The average molecular weight is 462 g/mol. The third-order valence-corrected chi connectivity index (χ3v) is 6.76. The Morgan fingerprint density at radius 2 is 1.90 bits per heavy atom. The van der Waals surface area contributed by atoms with E-state index in [1.165, 1.54) is 6.07 Å². The van der Waals surface area contributed by atoms with Crippen molar-refractivity contribution in [2.24, 2.45) is 0 Å². The van der Waals surface area contributed by atoms with E-state index < -0.39 is 28.1 Å². The van der Waals surface area contributed by atoms with Crippen molar-refractivity contribution in [2.45, 2.75) is 29.2 Å². The van der Waals surface area contributed by atoms with Crippen molar-refractivity contribution in [3.63, 3.8) is 0 Å². The summed E-state index contributed by atoms with van der Waals surface area (Å²) in [6.07, 6.45) is -1.88. The zero-order valence-corrected chi connectivity index (χ0v) is 16.8. The van der Waals surface area contributed by atoms with E-state index in [1.807, 2.05) is 0 Å². The van der Waals surface area contributed by atoms with Gasteiger partial charge in [-0.15, -0.1) is 0 Å². The van der Waals surface area contributed by atoms with Gasteiger partial charge in [-0.3, -0.25) is 14.4 Å². The molecule has 29 heavy (non-hydrogen) atoms. The van der Waals surface area contributed by atoms with Crippen molar-refractivity contribution < 1.29 is 17.4 Å². The van der Waals surface area contributed by atoms with E-state index in [0.717, 1.165) is 29.9 Å². The van der Waals surface area contributed by atoms with Crippen molar-refractivity contribution in [3.05, 3.63) is 62.6 Å². The van der Waals surface area contributed by atoms with Crippen LogP contribution in [0.1, 0.15) is 18.4 Å². The van der Waals surface area contributed by atoms with Gasteiger partial charge in [0.25, 0.3) is 5.56 Å². The number of nitrogens with one attached hydrogen (secondary N) is 1. The van der Waals surface area contributed by atoms with E-state index in [9.17, 15) is 22.2 Å². The molecule has 1 N–H and O–H groups in total. The summed E-state index contributed by atoms with van der Waals surface area (Å²) in [5.74, 6) is 0. The number of alkyl halides is 3. The third kappa shape index (κ3) is 3.99. The molecule has 152 valence electrons. The van der Waals surface area contributed by atoms with Crippen molar-refractivity contribution in [3.8, 4) is 0 Å². The minimum atomic E-state index is -4.67. The maximum atomic E-state index is 13.1. The molecule has 0 aliphatic heterocycles. The Morgan fingerprint density at radius 1 is 1.17 bits per heavy atom. The highest BCUT2D eigenvalue weighted by atomic mass is 35.5. The van der Waals surface area contributed by atoms with Gasteiger partial charge in [0.2, 0.25) is 0 Å². The minimum absolute atomic E-state index is 0.0383. The molecule has 1 heterocycles. The Balaban J connectivity index is 1.82. The number of benzene rings is 2. The second kappa shape index (κ2) is 7.30. The lowest BCUT2D eigenvalue weighted by molar-refractivity contribution is -0.137. The molecule has 4 rings (SSSR count). The van der Waals surface area contributed by atoms with Crippen LogP contribution in [-0.2, 0) is 17.0 Å². The molecule has 0 bridgehead atoms. The van der Waals surface area contributed by atoms with Crippen LogP contribution >= 0.6 is 23.2 Å². The van der Waals surface area contributed by atoms with Crippen LogP contribution < -0.4 is 11.0 Å². The Labute approximate surface area is 174 Å². The minimum Gasteiger partial charge on any atom is -0.289 e. The number of hydrogen-bond acceptors (Lipinski definition) is 4. The molecule has 1 atom stereocenters. The molecule has 1 aromatic heterocycles. The molecular formula is C18H12Cl2F3N3O2S. The molecule has 0 amide bonds. The smallest absolute Gasteiger partial charge is 0.289 e. The Morgan fingerprint density at radius 3 is 2.55 bits per heavy atom. The van der Waals surface area contributed by atoms with Gasteiger partial charge in [-0.05, 0) is 43.2 Å². The van der Waals surface area contributed by atoms with E-state index >= 15 is 0 Å². The van der Waals surface area contributed by atoms with E-state index in [1.54, 1.807) is 12.1 Å². The molecule has 1 saturated carbocycles. The topological polar surface area (TPSA) is 64.0 Å². The number of anilines is 1. The maximum Gasteiger partial charge on any atom is 0.416 e. The summed E-state index contributed by atoms with van der Waals surface area (Å²) in [4.78, 5) is 17.2. The summed E-state index contributed by atoms with van der Waals surface area (Å²) < 4.78 is 52.8. The molecule has 0 saturated heterocycles. The first-order valence-corrected chi connectivity index (χ1v) is 10.4. The van der Waals surface area contributed by atoms with Gasteiger partial charge in [-0.2, -0.15) is 13.2 Å². The number of rotatable bonds is 4. The van der Waals surface area contributed by atoms with Crippen LogP contribution in [-0.4, -0.2) is 19.1 Å². The fraction of sp³-hybridized carbons (Fsp3) is 0.222. The van der Waals surface area contributed by atoms with Crippen molar-refractivity contribution >= 4 is 50.6 Å². The van der Waals surface area contributed by atoms with Gasteiger partial charge in [0.05, 0.1) is 42.9 Å². The summed E-state index contributed by atoms with van der Waals surface area (Å²) >= 11 is 11.9. The zero-order valence-electron chi connectivity index (χ0n) is 14.5. The lowest BCUT2D eigenvalue weighted by Gasteiger charge is -2.15. The number of nitrogens with zero attached hydrogens (tertiary/aromatic N) is 2. The molecule has 5 nitrogen and oxygen atoms in total. The van der Waals surface area contributed by atoms with Gasteiger partial charge >= 0.3 is 6.18 Å². The molecule has 11 heteroatoms. The molecule has 0 spiro atoms. The predicted molar refractivity (Wildman–Crippen MR) is 106 cm³/mol. The van der Waals surface area contributed by atoms with Crippen molar-refractivity contribution in [1.29, 1.82) is 0 Å². The van der Waals surface area contributed by atoms with Gasteiger partial charge in [0, 0.05) is 10.3 Å². The second-order valence-corrected chi connectivity index (χ2v) is 9.07. The molecule has 2 aromatic carbocycles. The first kappa shape index (κ1) is 20.2. The largest absolute Gasteiger partial charge is 0.416 e. The highest BCUT2D eigenvalue weighted by Crippen LogP contribution is 2.35. The van der Waals surface area contributed by atoms with Crippen LogP contribution in [0.5, 0.6) is 0 Å². The van der Waals surface area contributed by atoms with E-state index in [4.69, 9.17) is 23.2 Å². The first-order chi connectivity index (χ1) is 13.6. The Bertz CT molecular complexity index is 1210. The number of hydrogen-bond donors (Lipinski definition) is 1. The van der Waals surface area contributed by atoms with Gasteiger partial charge < -0.3 is 0 Å². The normalized spacial score (nSPS) is 15.5. The highest BCUT2D eigenvalue weighted by molar-refractivity contribution is 7.86. The maximum absolute atomic E-state index is 13.1. The fourth-order valence-corrected chi connectivity index (χ4v) is 4.68. The van der Waals surface area contributed by atoms with Gasteiger partial charge in [-0.25, -0.2) is 9.66 Å². The summed E-state index contributed by atoms with van der Waals surface area (Å²) in [5, 5.41) is -0.200. The quantitative estimate of drug-likeness (QED) is 0.601. The highest BCUT2D eigenvalue weighted by Gasteiger charge is 2.32. The van der Waals surface area contributed by atoms with E-state index in [2.05, 4.69) is 10.4 Å². The molecule has 3 aromatic rings. The molecule has 1 fully saturated rings. The van der Waals surface area contributed by atoms with Gasteiger partial charge in [0.15, 0.2) is 0 Å². The molecule has 1 aliphatic carbocycles. The SMILES string of the molecule is O=c1c2cc(C(F)(F)F)cc(Cl)c2ncn1Nc1cc(Cl)ccc1S(=O)C1CC1. The zero-order chi connectivity index (χ0) is 20.9. The van der Waals surface area contributed by atoms with Crippen LogP contribution in [0.25, 0.3) is 10.9 Å². The standard InChI is InChI=1S/C18H12Cl2F3N3O2S/c19-10-1-4-15(29(28)11-2-3-11)14(7-10)25-26-8-24-16-12(17(26)27)5-9(6-13(16)20)18(21,22)23/h1,4-8,11,25H,2-3H2. The first-order valence-electron chi connectivity index (χ1n) is 8.40. The molecule has 0 radical (unpaired) electrons. The second-order valence-electron chi connectivity index (χ2n) is 6.52. The molecular weight excluding hydrogens is 450 g/mol. The van der Waals surface area contributed by atoms with Crippen LogP contribution in [0, 0.1) is 0 Å². The van der Waals surface area contributed by atoms with Crippen LogP contribution in [0.15, 0.2) is 46.3 Å². The van der Waals surface area contributed by atoms with Crippen LogP contribution in [0.3, 0.4) is 0 Å². The van der Waals surface area contributed by atoms with E-state index in [-0.39, 0.29) is 21.2 Å². The average Bonchev–Trinajstić information content (AvgIpc) is 3.48. The number of fused-ring (bicyclic) bond motifs is 1. The van der Waals surface area contributed by atoms with Crippen molar-refractivity contribution in [1.82, 2.24) is 9.66 Å². The fourth-order valence-electron chi connectivity index (χ4n) is 2.79.